The fourth-order valence-electron chi connectivity index (χ4n) is 5.74. The molecule has 0 aromatic carbocycles. The van der Waals surface area contributed by atoms with Crippen LogP contribution in [-0.4, -0.2) is 255 Å². The molecule has 0 aromatic rings. The van der Waals surface area contributed by atoms with Gasteiger partial charge in [0, 0.05) is 6.42 Å². The Bertz CT molecular complexity index is 1040. The van der Waals surface area contributed by atoms with Crippen molar-refractivity contribution >= 4 is 5.97 Å². The summed E-state index contributed by atoms with van der Waals surface area (Å²) in [7, 11) is 0. The van der Waals surface area contributed by atoms with Gasteiger partial charge in [-0.25, -0.2) is 0 Å². The number of hydrogen-bond acceptors (Lipinski definition) is 22. The maximum Gasteiger partial charge on any atom is 0.305 e. The summed E-state index contributed by atoms with van der Waals surface area (Å²) in [4.78, 5) is 12.0. The van der Waals surface area contributed by atoms with Gasteiger partial charge in [-0.1, -0.05) is 71.1 Å². The number of ether oxygens (including phenoxy) is 10. The second kappa shape index (κ2) is 46.1. The number of aliphatic hydroxyl groups excluding tert-OH is 11. The van der Waals surface area contributed by atoms with E-state index in [9.17, 15) is 55.9 Å². The van der Waals surface area contributed by atoms with Crippen molar-refractivity contribution in [1.82, 2.24) is 0 Å². The number of aliphatic hydroxyl groups is 11. The third kappa shape index (κ3) is 45.1. The maximum atomic E-state index is 12.0. The largest absolute Gasteiger partial charge is 0.463 e. The molecule has 66 heavy (non-hydrogen) atoms. The zero-order valence-electron chi connectivity index (χ0n) is 39.3. The molecule has 22 heteroatoms. The fourth-order valence-corrected chi connectivity index (χ4v) is 5.74. The topological polar surface area (TPSA) is 332 Å². The highest BCUT2D eigenvalue weighted by Crippen LogP contribution is 2.12. The van der Waals surface area contributed by atoms with Crippen molar-refractivity contribution in [3.05, 3.63) is 0 Å². The molecule has 0 aliphatic rings. The molecule has 0 amide bonds. The van der Waals surface area contributed by atoms with E-state index >= 15 is 0 Å². The van der Waals surface area contributed by atoms with Gasteiger partial charge in [-0.05, 0) is 6.42 Å². The minimum absolute atomic E-state index is 0.125. The average molecular weight is 969 g/mol. The Labute approximate surface area is 390 Å². The summed E-state index contributed by atoms with van der Waals surface area (Å²) in [6, 6.07) is 0. The van der Waals surface area contributed by atoms with Gasteiger partial charge in [0.2, 0.25) is 0 Å². The summed E-state index contributed by atoms with van der Waals surface area (Å²) in [5, 5.41) is 108. The van der Waals surface area contributed by atoms with Crippen LogP contribution in [0.5, 0.6) is 0 Å². The molecular weight excluding hydrogens is 880 g/mol. The van der Waals surface area contributed by atoms with Gasteiger partial charge >= 0.3 is 5.97 Å². The van der Waals surface area contributed by atoms with Gasteiger partial charge in [-0.3, -0.25) is 4.79 Å². The fraction of sp³-hybridized carbons (Fsp3) is 0.977. The van der Waals surface area contributed by atoms with Crippen LogP contribution in [0, 0.1) is 0 Å². The third-order valence-electron chi connectivity index (χ3n) is 9.22. The molecule has 396 valence electrons. The van der Waals surface area contributed by atoms with Crippen LogP contribution in [-0.2, 0) is 52.2 Å². The van der Waals surface area contributed by atoms with E-state index in [0.29, 0.717) is 6.42 Å². The first-order valence-electron chi connectivity index (χ1n) is 23.5. The van der Waals surface area contributed by atoms with Crippen LogP contribution in [0.2, 0.25) is 0 Å². The van der Waals surface area contributed by atoms with E-state index in [1.165, 1.54) is 51.4 Å². The SMILES string of the molecule is CCCCCCCCCCCCCC(=O)OCC(O)COCC(O)COCC(O)COCC(O)COCC(O)COCC(O)COCC(O)COCC(O)COCC(O)COCC(O)CO. The van der Waals surface area contributed by atoms with Crippen LogP contribution >= 0.6 is 0 Å². The highest BCUT2D eigenvalue weighted by molar-refractivity contribution is 5.69. The Morgan fingerprint density at radius 1 is 0.303 bits per heavy atom. The zero-order chi connectivity index (χ0) is 49.0. The van der Waals surface area contributed by atoms with Gasteiger partial charge < -0.3 is 104 Å². The van der Waals surface area contributed by atoms with Gasteiger partial charge in [0.1, 0.15) is 67.6 Å². The Kier molecular flexibility index (Phi) is 45.1. The Hall–Kier alpha value is -1.33. The first kappa shape index (κ1) is 64.7. The van der Waals surface area contributed by atoms with E-state index in [1.807, 2.05) is 0 Å². The molecule has 0 rings (SSSR count). The normalized spacial score (nSPS) is 16.6. The smallest absolute Gasteiger partial charge is 0.305 e. The van der Waals surface area contributed by atoms with Crippen molar-refractivity contribution < 1.29 is 108 Å². The van der Waals surface area contributed by atoms with E-state index in [4.69, 9.17) is 52.5 Å². The molecule has 10 atom stereocenters. The molecule has 11 N–H and O–H groups in total. The van der Waals surface area contributed by atoms with Crippen molar-refractivity contribution in [3.63, 3.8) is 0 Å². The van der Waals surface area contributed by atoms with Crippen LogP contribution < -0.4 is 0 Å². The van der Waals surface area contributed by atoms with Gasteiger partial charge in [0.15, 0.2) is 0 Å². The average Bonchev–Trinajstić information content (AvgIpc) is 3.27. The highest BCUT2D eigenvalue weighted by atomic mass is 16.6. The summed E-state index contributed by atoms with van der Waals surface area (Å²) in [6.07, 6.45) is 2.94. The van der Waals surface area contributed by atoms with E-state index in [-0.39, 0.29) is 132 Å². The Balaban J connectivity index is 3.73. The number of hydrogen-bond donors (Lipinski definition) is 11. The van der Waals surface area contributed by atoms with Crippen LogP contribution in [0.25, 0.3) is 0 Å². The number of carbonyl (C=O) groups is 1. The summed E-state index contributed by atoms with van der Waals surface area (Å²) in [5.41, 5.74) is 0. The first-order chi connectivity index (χ1) is 31.7. The molecule has 0 heterocycles. The number of carbonyl (C=O) groups excluding carboxylic acids is 1. The molecule has 0 aromatic heterocycles. The van der Waals surface area contributed by atoms with Crippen LogP contribution in [0.4, 0.5) is 0 Å². The lowest BCUT2D eigenvalue weighted by atomic mass is 10.1. The van der Waals surface area contributed by atoms with Crippen molar-refractivity contribution in [1.29, 1.82) is 0 Å². The highest BCUT2D eigenvalue weighted by Gasteiger charge is 2.16. The molecule has 0 aliphatic carbocycles. The van der Waals surface area contributed by atoms with Gasteiger partial charge in [-0.15, -0.1) is 0 Å². The molecule has 0 spiro atoms. The third-order valence-corrected chi connectivity index (χ3v) is 9.22. The summed E-state index contributed by atoms with van der Waals surface area (Å²) < 4.78 is 52.1. The molecule has 22 nitrogen and oxygen atoms in total. The molecule has 0 saturated heterocycles. The molecule has 0 aliphatic heterocycles. The maximum absolute atomic E-state index is 12.0. The van der Waals surface area contributed by atoms with Crippen LogP contribution in [0.1, 0.15) is 84.0 Å². The summed E-state index contributed by atoms with van der Waals surface area (Å²) in [6.45, 7) is -1.34. The molecule has 0 bridgehead atoms. The van der Waals surface area contributed by atoms with Crippen molar-refractivity contribution in [2.24, 2.45) is 0 Å². The molecule has 0 radical (unpaired) electrons. The monoisotopic (exact) mass is 969 g/mol. The van der Waals surface area contributed by atoms with Crippen molar-refractivity contribution in [2.45, 2.75) is 145 Å². The van der Waals surface area contributed by atoms with Gasteiger partial charge in [0.25, 0.3) is 0 Å². The minimum atomic E-state index is -1.06. The first-order valence-corrected chi connectivity index (χ1v) is 23.5. The van der Waals surface area contributed by atoms with Gasteiger partial charge in [-0.2, -0.15) is 0 Å². The predicted molar refractivity (Wildman–Crippen MR) is 237 cm³/mol. The Morgan fingerprint density at radius 2 is 0.500 bits per heavy atom. The molecular formula is C44H88O22. The van der Waals surface area contributed by atoms with E-state index in [1.54, 1.807) is 0 Å². The second-order valence-electron chi connectivity index (χ2n) is 16.5. The van der Waals surface area contributed by atoms with E-state index < -0.39 is 67.6 Å². The summed E-state index contributed by atoms with van der Waals surface area (Å²) >= 11 is 0. The standard InChI is InChI=1S/C44H88O22/c1-2-3-4-5-6-7-8-9-10-11-12-13-44(56)66-33-43(55)32-65-31-42(54)30-64-29-41(53)28-63-27-40(52)26-62-25-39(51)24-61-23-38(50)22-60-21-37(49)20-59-19-36(48)18-58-17-35(47)16-57-15-34(46)14-45/h34-43,45-55H,2-33H2,1H3. The number of unbranched alkanes of at least 4 members (excludes halogenated alkanes) is 10. The lowest BCUT2D eigenvalue weighted by Crippen LogP contribution is -2.32. The van der Waals surface area contributed by atoms with Crippen molar-refractivity contribution in [3.8, 4) is 0 Å². The number of esters is 1. The van der Waals surface area contributed by atoms with Gasteiger partial charge in [0.05, 0.1) is 126 Å². The van der Waals surface area contributed by atoms with Crippen LogP contribution in [0.15, 0.2) is 0 Å². The lowest BCUT2D eigenvalue weighted by Gasteiger charge is -2.18. The molecule has 10 unspecified atom stereocenters. The van der Waals surface area contributed by atoms with E-state index in [2.05, 4.69) is 6.92 Å². The Morgan fingerprint density at radius 3 is 0.727 bits per heavy atom. The summed E-state index contributed by atoms with van der Waals surface area (Å²) in [5.74, 6) is -0.360. The lowest BCUT2D eigenvalue weighted by molar-refractivity contribution is -0.148. The van der Waals surface area contributed by atoms with Crippen molar-refractivity contribution in [2.75, 3.05) is 132 Å². The molecule has 0 saturated carbocycles. The second-order valence-corrected chi connectivity index (χ2v) is 16.5. The predicted octanol–water partition coefficient (Wildman–Crippen LogP) is -2.02. The molecule has 0 fully saturated rings. The minimum Gasteiger partial charge on any atom is -0.463 e. The quantitative estimate of drug-likeness (QED) is 0.0232. The van der Waals surface area contributed by atoms with E-state index in [0.717, 1.165) is 19.3 Å². The zero-order valence-corrected chi connectivity index (χ0v) is 39.3. The number of rotatable bonds is 51. The van der Waals surface area contributed by atoms with Crippen LogP contribution in [0.3, 0.4) is 0 Å².